The van der Waals surface area contributed by atoms with E-state index in [0.717, 1.165) is 77.0 Å². The number of carbonyl (C=O) groups is 3. The summed E-state index contributed by atoms with van der Waals surface area (Å²) in [5.41, 5.74) is 0. The summed E-state index contributed by atoms with van der Waals surface area (Å²) >= 11 is 0. The zero-order valence-corrected chi connectivity index (χ0v) is 43.4. The summed E-state index contributed by atoms with van der Waals surface area (Å²) < 4.78 is 16.8. The third-order valence-corrected chi connectivity index (χ3v) is 12.0. The van der Waals surface area contributed by atoms with Crippen LogP contribution in [0.1, 0.15) is 271 Å². The molecule has 1 atom stereocenters. The van der Waals surface area contributed by atoms with E-state index in [1.807, 2.05) is 30.4 Å². The second-order valence-corrected chi connectivity index (χ2v) is 18.5. The first-order valence-corrected chi connectivity index (χ1v) is 28.0. The fraction of sp³-hybridized carbons (Fsp3) is 0.750. The molecule has 0 aromatic heterocycles. The van der Waals surface area contributed by atoms with Gasteiger partial charge in [0.25, 0.3) is 0 Å². The molecule has 380 valence electrons. The lowest BCUT2D eigenvalue weighted by molar-refractivity contribution is -0.167. The Hall–Kier alpha value is -3.15. The van der Waals surface area contributed by atoms with Gasteiger partial charge in [-0.3, -0.25) is 14.4 Å². The van der Waals surface area contributed by atoms with Gasteiger partial charge in [-0.05, 0) is 89.9 Å². The van der Waals surface area contributed by atoms with Crippen LogP contribution in [0.5, 0.6) is 0 Å². The van der Waals surface area contributed by atoms with Gasteiger partial charge >= 0.3 is 17.9 Å². The number of rotatable bonds is 50. The molecule has 0 aliphatic rings. The molecule has 0 aliphatic heterocycles. The zero-order chi connectivity index (χ0) is 47.9. The molecule has 0 aliphatic carbocycles. The van der Waals surface area contributed by atoms with Gasteiger partial charge in [-0.2, -0.15) is 0 Å². The van der Waals surface area contributed by atoms with Gasteiger partial charge in [-0.15, -0.1) is 0 Å². The lowest BCUT2D eigenvalue weighted by Gasteiger charge is -2.18. The van der Waals surface area contributed by atoms with Crippen LogP contribution in [0.25, 0.3) is 0 Å². The summed E-state index contributed by atoms with van der Waals surface area (Å²) in [6.07, 6.45) is 68.9. The van der Waals surface area contributed by atoms with E-state index >= 15 is 0 Å². The minimum Gasteiger partial charge on any atom is -0.462 e. The molecule has 0 saturated heterocycles. The normalized spacial score (nSPS) is 12.6. The summed E-state index contributed by atoms with van der Waals surface area (Å²) in [5.74, 6) is -0.940. The lowest BCUT2D eigenvalue weighted by atomic mass is 10.1. The molecule has 6 heteroatoms. The summed E-state index contributed by atoms with van der Waals surface area (Å²) in [5, 5.41) is 0. The quantitative estimate of drug-likeness (QED) is 0.0199. The predicted octanol–water partition coefficient (Wildman–Crippen LogP) is 18.6. The Bertz CT molecular complexity index is 1240. The van der Waals surface area contributed by atoms with Crippen LogP contribution >= 0.6 is 0 Å². The Balaban J connectivity index is 4.42. The molecule has 6 nitrogen and oxygen atoms in total. The molecular weight excluding hydrogens is 817 g/mol. The van der Waals surface area contributed by atoms with E-state index in [-0.39, 0.29) is 31.1 Å². The van der Waals surface area contributed by atoms with Crippen LogP contribution in [0.3, 0.4) is 0 Å². The number of esters is 3. The number of ether oxygens (including phenoxy) is 3. The molecule has 0 bridgehead atoms. The zero-order valence-electron chi connectivity index (χ0n) is 43.4. The average molecular weight is 921 g/mol. The fourth-order valence-electron chi connectivity index (χ4n) is 7.80. The molecule has 0 N–H and O–H groups in total. The van der Waals surface area contributed by atoms with E-state index in [9.17, 15) is 14.4 Å². The molecular formula is C60H104O6. The number of hydrogen-bond donors (Lipinski definition) is 0. The third-order valence-electron chi connectivity index (χ3n) is 12.0. The van der Waals surface area contributed by atoms with Crippen molar-refractivity contribution in [2.24, 2.45) is 0 Å². The third kappa shape index (κ3) is 51.8. The number of unbranched alkanes of at least 4 members (excludes halogenated alkanes) is 30. The first kappa shape index (κ1) is 62.8. The van der Waals surface area contributed by atoms with Crippen molar-refractivity contribution >= 4 is 17.9 Å². The standard InChI is InChI=1S/C60H104O6/c1-4-7-10-13-16-19-22-25-27-29-31-32-35-38-41-44-47-50-53-59(62)65-56-57(55-64-58(61)52-49-46-43-40-37-34-24-21-18-15-12-9-6-3)66-60(63)54-51-48-45-42-39-36-33-30-28-26-23-20-17-14-11-8-5-2/h9,12,15,18,21,24,26,28,31-32,34,37,57H,4-8,10-11,13-14,16-17,19-20,22-23,25,27,29-30,33,35-36,38-56H2,1-3H3/b12-9-,18-15-,24-21-,28-26-,32-31-,37-34-. The van der Waals surface area contributed by atoms with Gasteiger partial charge in [0.05, 0.1) is 0 Å². The van der Waals surface area contributed by atoms with Crippen molar-refractivity contribution in [3.05, 3.63) is 72.9 Å². The van der Waals surface area contributed by atoms with Crippen LogP contribution in [-0.4, -0.2) is 37.2 Å². The summed E-state index contributed by atoms with van der Waals surface area (Å²) in [4.78, 5) is 38.1. The van der Waals surface area contributed by atoms with Crippen molar-refractivity contribution in [2.75, 3.05) is 13.2 Å². The van der Waals surface area contributed by atoms with E-state index in [4.69, 9.17) is 14.2 Å². The molecule has 0 rings (SSSR count). The molecule has 0 fully saturated rings. The van der Waals surface area contributed by atoms with Crippen LogP contribution < -0.4 is 0 Å². The van der Waals surface area contributed by atoms with Crippen LogP contribution in [0.2, 0.25) is 0 Å². The first-order chi connectivity index (χ1) is 32.5. The van der Waals surface area contributed by atoms with Crippen molar-refractivity contribution in [1.29, 1.82) is 0 Å². The maximum Gasteiger partial charge on any atom is 0.306 e. The van der Waals surface area contributed by atoms with E-state index in [0.29, 0.717) is 19.3 Å². The molecule has 1 unspecified atom stereocenters. The smallest absolute Gasteiger partial charge is 0.306 e. The predicted molar refractivity (Wildman–Crippen MR) is 284 cm³/mol. The molecule has 66 heavy (non-hydrogen) atoms. The number of allylic oxidation sites excluding steroid dienone is 12. The SMILES string of the molecule is CC\C=C/C=C\C=C/C=C\CCCCCC(=O)OCC(COC(=O)CCCCCCC/C=C\CCCCCCCCCCC)OC(=O)CCCCCCCCC/C=C\CCCCCCCC. The van der Waals surface area contributed by atoms with Crippen molar-refractivity contribution in [3.8, 4) is 0 Å². The molecule has 0 saturated carbocycles. The highest BCUT2D eigenvalue weighted by atomic mass is 16.6. The van der Waals surface area contributed by atoms with Gasteiger partial charge in [0, 0.05) is 19.3 Å². The minimum atomic E-state index is -0.797. The molecule has 0 aromatic carbocycles. The minimum absolute atomic E-state index is 0.0938. The van der Waals surface area contributed by atoms with E-state index in [1.165, 1.54) is 154 Å². The highest BCUT2D eigenvalue weighted by molar-refractivity contribution is 5.71. The molecule has 0 aromatic rings. The fourth-order valence-corrected chi connectivity index (χ4v) is 7.80. The van der Waals surface area contributed by atoms with Gasteiger partial charge in [-0.25, -0.2) is 0 Å². The van der Waals surface area contributed by atoms with Crippen molar-refractivity contribution in [3.63, 3.8) is 0 Å². The monoisotopic (exact) mass is 921 g/mol. The summed E-state index contributed by atoms with van der Waals surface area (Å²) in [6.45, 7) is 6.47. The number of carbonyl (C=O) groups excluding carboxylic acids is 3. The lowest BCUT2D eigenvalue weighted by Crippen LogP contribution is -2.30. The van der Waals surface area contributed by atoms with E-state index in [2.05, 4.69) is 63.3 Å². The topological polar surface area (TPSA) is 78.9 Å². The second kappa shape index (κ2) is 54.5. The van der Waals surface area contributed by atoms with Gasteiger partial charge in [0.2, 0.25) is 0 Å². The Morgan fingerprint density at radius 2 is 0.606 bits per heavy atom. The van der Waals surface area contributed by atoms with Gasteiger partial charge in [0.15, 0.2) is 6.10 Å². The first-order valence-electron chi connectivity index (χ1n) is 28.0. The Labute approximate surface area is 408 Å². The molecule has 0 heterocycles. The van der Waals surface area contributed by atoms with Crippen LogP contribution in [0.15, 0.2) is 72.9 Å². The maximum atomic E-state index is 12.8. The molecule has 0 spiro atoms. The van der Waals surface area contributed by atoms with Crippen LogP contribution in [-0.2, 0) is 28.6 Å². The van der Waals surface area contributed by atoms with Gasteiger partial charge < -0.3 is 14.2 Å². The Morgan fingerprint density at radius 1 is 0.318 bits per heavy atom. The van der Waals surface area contributed by atoms with Crippen LogP contribution in [0.4, 0.5) is 0 Å². The van der Waals surface area contributed by atoms with E-state index in [1.54, 1.807) is 0 Å². The highest BCUT2D eigenvalue weighted by Gasteiger charge is 2.19. The van der Waals surface area contributed by atoms with Crippen molar-refractivity contribution in [2.45, 2.75) is 277 Å². The molecule has 0 amide bonds. The van der Waals surface area contributed by atoms with Crippen molar-refractivity contribution < 1.29 is 28.6 Å². The average Bonchev–Trinajstić information content (AvgIpc) is 3.31. The second-order valence-electron chi connectivity index (χ2n) is 18.5. The Morgan fingerprint density at radius 3 is 0.985 bits per heavy atom. The van der Waals surface area contributed by atoms with Gasteiger partial charge in [0.1, 0.15) is 13.2 Å². The highest BCUT2D eigenvalue weighted by Crippen LogP contribution is 2.15. The summed E-state index contributed by atoms with van der Waals surface area (Å²) in [6, 6.07) is 0. The number of hydrogen-bond acceptors (Lipinski definition) is 6. The largest absolute Gasteiger partial charge is 0.462 e. The van der Waals surface area contributed by atoms with Gasteiger partial charge in [-0.1, -0.05) is 235 Å². The summed E-state index contributed by atoms with van der Waals surface area (Å²) in [7, 11) is 0. The maximum absolute atomic E-state index is 12.8. The van der Waals surface area contributed by atoms with Crippen molar-refractivity contribution in [1.82, 2.24) is 0 Å². The molecule has 0 radical (unpaired) electrons. The Kier molecular flexibility index (Phi) is 51.9. The van der Waals surface area contributed by atoms with Crippen LogP contribution in [0, 0.1) is 0 Å². The van der Waals surface area contributed by atoms with E-state index < -0.39 is 6.10 Å².